The van der Waals surface area contributed by atoms with Gasteiger partial charge in [0.05, 0.1) is 6.61 Å². The Balaban J connectivity index is 1.63. The van der Waals surface area contributed by atoms with Gasteiger partial charge in [-0.15, -0.1) is 0 Å². The lowest BCUT2D eigenvalue weighted by Gasteiger charge is -2.59. The SMILES string of the molecule is CCOC(=O)[C@H](O)[C@@]1(O)CC[C@H]2[C@@H]3CCC4=CC(=O)CC[C@]4(C)[C@H]3CC[C@@]21C. The molecule has 0 aromatic carbocycles. The van der Waals surface area contributed by atoms with E-state index >= 15 is 0 Å². The molecule has 3 saturated carbocycles. The Bertz CT molecular complexity index is 714. The molecule has 5 nitrogen and oxygen atoms in total. The van der Waals surface area contributed by atoms with Crippen molar-refractivity contribution >= 4 is 11.8 Å². The van der Waals surface area contributed by atoms with Crippen LogP contribution in [0.15, 0.2) is 11.6 Å². The number of hydrogen-bond donors (Lipinski definition) is 2. The van der Waals surface area contributed by atoms with E-state index in [1.165, 1.54) is 5.57 Å². The Morgan fingerprint density at radius 2 is 1.89 bits per heavy atom. The highest BCUT2D eigenvalue weighted by atomic mass is 16.5. The summed E-state index contributed by atoms with van der Waals surface area (Å²) in [5.41, 5.74) is -0.497. The predicted molar refractivity (Wildman–Crippen MR) is 104 cm³/mol. The summed E-state index contributed by atoms with van der Waals surface area (Å²) in [4.78, 5) is 24.2. The number of hydrogen-bond acceptors (Lipinski definition) is 5. The van der Waals surface area contributed by atoms with E-state index in [2.05, 4.69) is 13.8 Å². The fourth-order valence-corrected chi connectivity index (χ4v) is 7.48. The second-order valence-corrected chi connectivity index (χ2v) is 10.0. The van der Waals surface area contributed by atoms with Crippen molar-refractivity contribution in [3.8, 4) is 0 Å². The fourth-order valence-electron chi connectivity index (χ4n) is 7.48. The van der Waals surface area contributed by atoms with Gasteiger partial charge in [0.15, 0.2) is 11.9 Å². The summed E-state index contributed by atoms with van der Waals surface area (Å²) >= 11 is 0. The second-order valence-electron chi connectivity index (χ2n) is 10.0. The molecule has 28 heavy (non-hydrogen) atoms. The van der Waals surface area contributed by atoms with Crippen LogP contribution in [0.25, 0.3) is 0 Å². The number of carbonyl (C=O) groups excluding carboxylic acids is 2. The molecule has 0 aliphatic heterocycles. The number of fused-ring (bicyclic) bond motifs is 5. The third-order valence-corrected chi connectivity index (χ3v) is 9.14. The first-order chi connectivity index (χ1) is 13.2. The van der Waals surface area contributed by atoms with Gasteiger partial charge in [-0.25, -0.2) is 4.79 Å². The van der Waals surface area contributed by atoms with Crippen molar-refractivity contribution in [1.82, 2.24) is 0 Å². The predicted octanol–water partition coefficient (Wildman–Crippen LogP) is 3.17. The van der Waals surface area contributed by atoms with Gasteiger partial charge in [-0.1, -0.05) is 19.4 Å². The van der Waals surface area contributed by atoms with Gasteiger partial charge < -0.3 is 14.9 Å². The van der Waals surface area contributed by atoms with Gasteiger partial charge >= 0.3 is 5.97 Å². The van der Waals surface area contributed by atoms with Gasteiger partial charge in [-0.05, 0) is 81.1 Å². The van der Waals surface area contributed by atoms with Crippen LogP contribution in [0.5, 0.6) is 0 Å². The summed E-state index contributed by atoms with van der Waals surface area (Å²) in [7, 11) is 0. The normalized spacial score (nSPS) is 46.1. The van der Waals surface area contributed by atoms with E-state index in [0.717, 1.165) is 38.5 Å². The third-order valence-electron chi connectivity index (χ3n) is 9.14. The Morgan fingerprint density at radius 3 is 2.61 bits per heavy atom. The largest absolute Gasteiger partial charge is 0.464 e. The number of aliphatic hydroxyl groups is 2. The Morgan fingerprint density at radius 1 is 1.18 bits per heavy atom. The first-order valence-electron chi connectivity index (χ1n) is 11.0. The second kappa shape index (κ2) is 6.66. The Kier molecular flexibility index (Phi) is 4.78. The molecule has 0 amide bonds. The van der Waals surface area contributed by atoms with Crippen molar-refractivity contribution in [2.24, 2.45) is 28.6 Å². The lowest BCUT2D eigenvalue weighted by molar-refractivity contribution is -0.198. The maximum Gasteiger partial charge on any atom is 0.338 e. The van der Waals surface area contributed by atoms with Crippen molar-refractivity contribution in [3.63, 3.8) is 0 Å². The van der Waals surface area contributed by atoms with Gasteiger partial charge in [0.1, 0.15) is 5.60 Å². The minimum Gasteiger partial charge on any atom is -0.464 e. The van der Waals surface area contributed by atoms with E-state index < -0.39 is 23.1 Å². The molecule has 0 aromatic heterocycles. The van der Waals surface area contributed by atoms with Crippen molar-refractivity contribution in [1.29, 1.82) is 0 Å². The molecule has 7 atom stereocenters. The highest BCUT2D eigenvalue weighted by Gasteiger charge is 2.67. The summed E-state index contributed by atoms with van der Waals surface area (Å²) in [5, 5.41) is 22.2. The molecule has 4 aliphatic carbocycles. The first-order valence-corrected chi connectivity index (χ1v) is 11.0. The van der Waals surface area contributed by atoms with E-state index in [1.54, 1.807) is 6.92 Å². The molecule has 0 saturated heterocycles. The maximum absolute atomic E-state index is 12.2. The molecule has 3 fully saturated rings. The third kappa shape index (κ3) is 2.58. The molecule has 2 N–H and O–H groups in total. The van der Waals surface area contributed by atoms with Crippen LogP contribution in [0.3, 0.4) is 0 Å². The quantitative estimate of drug-likeness (QED) is 0.723. The van der Waals surface area contributed by atoms with Crippen LogP contribution in [0.4, 0.5) is 0 Å². The molecular weight excluding hydrogens is 356 g/mol. The monoisotopic (exact) mass is 390 g/mol. The average molecular weight is 391 g/mol. The van der Waals surface area contributed by atoms with E-state index in [1.807, 2.05) is 6.08 Å². The first kappa shape index (κ1) is 20.1. The van der Waals surface area contributed by atoms with E-state index in [-0.39, 0.29) is 23.7 Å². The zero-order valence-corrected chi connectivity index (χ0v) is 17.4. The van der Waals surface area contributed by atoms with Crippen LogP contribution in [0.2, 0.25) is 0 Å². The fraction of sp³-hybridized carbons (Fsp3) is 0.826. The van der Waals surface area contributed by atoms with Crippen LogP contribution in [-0.2, 0) is 14.3 Å². The lowest BCUT2D eigenvalue weighted by atomic mass is 9.46. The summed E-state index contributed by atoms with van der Waals surface area (Å²) in [5.74, 6) is 0.828. The number of allylic oxidation sites excluding steroid dienone is 1. The van der Waals surface area contributed by atoms with Crippen LogP contribution < -0.4 is 0 Å². The van der Waals surface area contributed by atoms with Crippen LogP contribution in [-0.4, -0.2) is 40.3 Å². The molecule has 4 rings (SSSR count). The molecule has 4 aliphatic rings. The maximum atomic E-state index is 12.2. The number of ketones is 1. The molecule has 0 unspecified atom stereocenters. The Hall–Kier alpha value is -1.20. The minimum absolute atomic E-state index is 0.0820. The number of ether oxygens (including phenoxy) is 1. The van der Waals surface area contributed by atoms with Gasteiger partial charge in [0, 0.05) is 11.8 Å². The van der Waals surface area contributed by atoms with Gasteiger partial charge in [-0.2, -0.15) is 0 Å². The summed E-state index contributed by atoms with van der Waals surface area (Å²) < 4.78 is 5.02. The van der Waals surface area contributed by atoms with Crippen LogP contribution in [0.1, 0.15) is 72.1 Å². The van der Waals surface area contributed by atoms with E-state index in [9.17, 15) is 19.8 Å². The van der Waals surface area contributed by atoms with Crippen molar-refractivity contribution < 1.29 is 24.5 Å². The van der Waals surface area contributed by atoms with Crippen molar-refractivity contribution in [3.05, 3.63) is 11.6 Å². The standard InChI is InChI=1S/C23H34O5/c1-4-28-20(26)19(25)23(27)12-9-18-16-6-5-14-13-15(24)7-10-21(14,2)17(16)8-11-22(18,23)3/h13,16-19,25,27H,4-12H2,1-3H3/t16-,17+,18+,19+,21+,22+,23+/m1/s1. The lowest BCUT2D eigenvalue weighted by Crippen LogP contribution is -2.60. The van der Waals surface area contributed by atoms with Gasteiger partial charge in [0.2, 0.25) is 0 Å². The molecule has 0 radical (unpaired) electrons. The Labute approximate surface area is 167 Å². The summed E-state index contributed by atoms with van der Waals surface area (Å²) in [6.07, 6.45) is 7.01. The van der Waals surface area contributed by atoms with Crippen molar-refractivity contribution in [2.75, 3.05) is 6.61 Å². The molecule has 0 aromatic rings. The average Bonchev–Trinajstić information content (AvgIpc) is 2.94. The smallest absolute Gasteiger partial charge is 0.338 e. The highest BCUT2D eigenvalue weighted by molar-refractivity contribution is 5.91. The molecular formula is C23H34O5. The van der Waals surface area contributed by atoms with Crippen LogP contribution >= 0.6 is 0 Å². The zero-order chi connectivity index (χ0) is 20.3. The minimum atomic E-state index is -1.49. The van der Waals surface area contributed by atoms with Gasteiger partial charge in [0.25, 0.3) is 0 Å². The molecule has 0 bridgehead atoms. The number of esters is 1. The van der Waals surface area contributed by atoms with E-state index in [4.69, 9.17) is 4.74 Å². The van der Waals surface area contributed by atoms with Gasteiger partial charge in [-0.3, -0.25) is 4.79 Å². The molecule has 0 heterocycles. The number of aliphatic hydroxyl groups excluding tert-OH is 1. The molecule has 5 heteroatoms. The summed E-state index contributed by atoms with van der Waals surface area (Å²) in [6, 6.07) is 0. The topological polar surface area (TPSA) is 83.8 Å². The van der Waals surface area contributed by atoms with E-state index in [0.29, 0.717) is 24.7 Å². The number of rotatable bonds is 3. The zero-order valence-electron chi connectivity index (χ0n) is 17.4. The molecule has 0 spiro atoms. The van der Waals surface area contributed by atoms with Crippen LogP contribution in [0, 0.1) is 28.6 Å². The number of carbonyl (C=O) groups is 2. The molecule has 156 valence electrons. The highest BCUT2D eigenvalue weighted by Crippen LogP contribution is 2.68. The van der Waals surface area contributed by atoms with Crippen molar-refractivity contribution in [2.45, 2.75) is 83.8 Å². The summed E-state index contributed by atoms with van der Waals surface area (Å²) in [6.45, 7) is 6.31.